The van der Waals surface area contributed by atoms with Crippen LogP contribution in [0.15, 0.2) is 191 Å². The first-order chi connectivity index (χ1) is 34.6. The van der Waals surface area contributed by atoms with Gasteiger partial charge in [-0.3, -0.25) is 0 Å². The monoisotopic (exact) mass is 1030 g/mol. The molecule has 3 N–H and O–H groups in total. The van der Waals surface area contributed by atoms with E-state index in [0.717, 1.165) is 13.7 Å². The van der Waals surface area contributed by atoms with E-state index in [1.165, 1.54) is 0 Å². The van der Waals surface area contributed by atoms with E-state index in [9.17, 15) is 29.7 Å². The van der Waals surface area contributed by atoms with Crippen LogP contribution in [0.3, 0.4) is 0 Å². The molecule has 7 rings (SSSR count). The molecule has 0 aliphatic rings. The van der Waals surface area contributed by atoms with Gasteiger partial charge >= 0.3 is 17.1 Å². The van der Waals surface area contributed by atoms with Crippen LogP contribution in [0.25, 0.3) is 0 Å². The molecule has 0 radical (unpaired) electrons. The minimum Gasteiger partial charge on any atom is -0.389 e. The summed E-state index contributed by atoms with van der Waals surface area (Å²) >= 11 is 17.9. The molecular formula is C51H51Cl3N12O6. The number of aliphatic hydroxyl groups is 3. The summed E-state index contributed by atoms with van der Waals surface area (Å²) in [7, 11) is 5.19. The van der Waals surface area contributed by atoms with Crippen molar-refractivity contribution in [1.82, 2.24) is 13.7 Å². The first kappa shape index (κ1) is 52.5. The number of halogens is 3. The lowest BCUT2D eigenvalue weighted by Gasteiger charge is -2.26. The summed E-state index contributed by atoms with van der Waals surface area (Å²) in [5.41, 5.74) is 2.62. The van der Waals surface area contributed by atoms with E-state index in [1.54, 1.807) is 181 Å². The highest BCUT2D eigenvalue weighted by molar-refractivity contribution is 6.31. The highest BCUT2D eigenvalue weighted by Gasteiger charge is 2.23. The van der Waals surface area contributed by atoms with Crippen molar-refractivity contribution < 1.29 is 15.3 Å². The summed E-state index contributed by atoms with van der Waals surface area (Å²) in [5.74, 6) is 0. The molecule has 0 aliphatic carbocycles. The summed E-state index contributed by atoms with van der Waals surface area (Å²) in [5, 5.41) is 61.4. The zero-order valence-electron chi connectivity index (χ0n) is 39.4. The van der Waals surface area contributed by atoms with Crippen LogP contribution < -0.4 is 31.8 Å². The van der Waals surface area contributed by atoms with E-state index in [1.807, 2.05) is 0 Å². The van der Waals surface area contributed by atoms with Gasteiger partial charge in [-0.05, 0) is 146 Å². The number of hydrogen-bond acceptors (Lipinski definition) is 15. The van der Waals surface area contributed by atoms with E-state index < -0.39 is 55.0 Å². The van der Waals surface area contributed by atoms with Gasteiger partial charge in [0.15, 0.2) is 0 Å². The molecule has 0 aliphatic heterocycles. The quantitative estimate of drug-likeness (QED) is 0.0584. The molecular weight excluding hydrogens is 983 g/mol. The first-order valence-electron chi connectivity index (χ1n) is 22.5. The molecule has 0 amide bonds. The minimum atomic E-state index is -1.29. The van der Waals surface area contributed by atoms with E-state index in [2.05, 4.69) is 30.7 Å². The summed E-state index contributed by atoms with van der Waals surface area (Å²) in [6.45, 7) is -1.61. The van der Waals surface area contributed by atoms with Gasteiger partial charge < -0.3 is 30.0 Å². The number of azo groups is 3. The Kier molecular flexibility index (Phi) is 18.0. The molecule has 0 saturated heterocycles. The highest BCUT2D eigenvalue weighted by Crippen LogP contribution is 2.26. The second-order valence-corrected chi connectivity index (χ2v) is 18.2. The first-order valence-corrected chi connectivity index (χ1v) is 23.7. The Labute approximate surface area is 429 Å². The van der Waals surface area contributed by atoms with Gasteiger partial charge in [0.05, 0.1) is 72.1 Å². The van der Waals surface area contributed by atoms with Crippen molar-refractivity contribution >= 4 is 86.0 Å². The molecule has 6 aromatic carbocycles. The van der Waals surface area contributed by atoms with Crippen LogP contribution in [0.5, 0.6) is 0 Å². The number of aromatic nitrogens is 3. The average molecular weight is 1030 g/mol. The second kappa shape index (κ2) is 24.7. The number of hydrogen-bond donors (Lipinski definition) is 3. The van der Waals surface area contributed by atoms with Crippen molar-refractivity contribution in [3.8, 4) is 0 Å². The Morgan fingerprint density at radius 2 is 0.542 bits per heavy atom. The van der Waals surface area contributed by atoms with Crippen LogP contribution in [0, 0.1) is 0 Å². The molecule has 7 aromatic rings. The summed E-state index contributed by atoms with van der Waals surface area (Å²) < 4.78 is 2.25. The molecule has 1 heterocycles. The zero-order valence-corrected chi connectivity index (χ0v) is 41.7. The SMILES string of the molecule is CN(CC(O)Cn1c(=O)n(CC(O)CN(C)c2ccc(N=Nc3ccc(Cl)cc3)cc2)c(=O)n(CC(O)CN(C)c2ccc(N=Nc3ccc(Cl)cc3)cc2)c1=O)c1ccc(N=Nc2ccc(Cl)cc2)cc1. The third kappa shape index (κ3) is 14.6. The number of benzene rings is 6. The van der Waals surface area contributed by atoms with Crippen LogP contribution in [0.2, 0.25) is 15.1 Å². The molecule has 0 fully saturated rings. The van der Waals surface area contributed by atoms with Crippen LogP contribution in [0.1, 0.15) is 0 Å². The van der Waals surface area contributed by atoms with Crippen molar-refractivity contribution in [2.45, 2.75) is 37.9 Å². The van der Waals surface area contributed by atoms with Gasteiger partial charge in [-0.2, -0.15) is 30.7 Å². The Morgan fingerprint density at radius 3 is 0.736 bits per heavy atom. The van der Waals surface area contributed by atoms with Gasteiger partial charge in [0.25, 0.3) is 0 Å². The van der Waals surface area contributed by atoms with Crippen LogP contribution >= 0.6 is 34.8 Å². The lowest BCUT2D eigenvalue weighted by atomic mass is 10.2. The Bertz CT molecular complexity index is 2800. The lowest BCUT2D eigenvalue weighted by Crippen LogP contribution is -2.58. The molecule has 3 atom stereocenters. The number of anilines is 3. The van der Waals surface area contributed by atoms with Crippen molar-refractivity contribution in [3.05, 3.63) is 192 Å². The molecule has 0 saturated carbocycles. The van der Waals surface area contributed by atoms with E-state index in [0.29, 0.717) is 66.3 Å². The molecule has 372 valence electrons. The largest absolute Gasteiger partial charge is 0.389 e. The van der Waals surface area contributed by atoms with Gasteiger partial charge in [-0.25, -0.2) is 28.1 Å². The van der Waals surface area contributed by atoms with E-state index >= 15 is 0 Å². The fourth-order valence-electron chi connectivity index (χ4n) is 7.41. The Balaban J connectivity index is 1.06. The van der Waals surface area contributed by atoms with E-state index in [-0.39, 0.29) is 19.6 Å². The molecule has 3 unspecified atom stereocenters. The predicted molar refractivity (Wildman–Crippen MR) is 283 cm³/mol. The normalized spacial score (nSPS) is 13.0. The van der Waals surface area contributed by atoms with Crippen LogP contribution in [-0.4, -0.2) is 88.1 Å². The van der Waals surface area contributed by atoms with E-state index in [4.69, 9.17) is 34.8 Å². The number of nitrogens with zero attached hydrogens (tertiary/aromatic N) is 12. The standard InChI is InChI=1S/C51H51Cl3N12O6/c1-61(43-22-16-40(17-23-43)58-55-37-10-4-34(52)5-11-37)28-46(67)31-64-49(70)65(32-47(68)29-62(2)44-24-18-41(19-25-44)59-56-38-12-6-35(53)7-13-38)51(72)66(50(64)71)33-48(69)30-63(3)45-26-20-42(21-27-45)60-57-39-14-8-36(54)9-15-39/h4-27,46-48,67-69H,28-33H2,1-3H3. The molecule has 0 bridgehead atoms. The maximum atomic E-state index is 14.1. The maximum Gasteiger partial charge on any atom is 0.336 e. The van der Waals surface area contributed by atoms with Gasteiger partial charge in [-0.1, -0.05) is 34.8 Å². The van der Waals surface area contributed by atoms with Crippen molar-refractivity contribution in [3.63, 3.8) is 0 Å². The molecule has 21 heteroatoms. The average Bonchev–Trinajstić information content (AvgIpc) is 3.37. The fourth-order valence-corrected chi connectivity index (χ4v) is 7.79. The molecule has 18 nitrogen and oxygen atoms in total. The lowest BCUT2D eigenvalue weighted by molar-refractivity contribution is 0.134. The number of aliphatic hydroxyl groups excluding tert-OH is 3. The molecule has 72 heavy (non-hydrogen) atoms. The van der Waals surface area contributed by atoms with Gasteiger partial charge in [0, 0.05) is 72.9 Å². The van der Waals surface area contributed by atoms with Crippen molar-refractivity contribution in [1.29, 1.82) is 0 Å². The van der Waals surface area contributed by atoms with Gasteiger partial charge in [-0.15, -0.1) is 0 Å². The Morgan fingerprint density at radius 1 is 0.361 bits per heavy atom. The molecule has 0 spiro atoms. The third-order valence-corrected chi connectivity index (χ3v) is 12.0. The Hall–Kier alpha value is -7.32. The summed E-state index contributed by atoms with van der Waals surface area (Å²) in [4.78, 5) is 47.5. The summed E-state index contributed by atoms with van der Waals surface area (Å²) in [6, 6.07) is 41.9. The zero-order chi connectivity index (χ0) is 51.3. The number of likely N-dealkylation sites (N-methyl/N-ethyl adjacent to an activating group) is 3. The minimum absolute atomic E-state index is 0.0277. The third-order valence-electron chi connectivity index (χ3n) is 11.2. The fraction of sp³-hybridized carbons (Fsp3) is 0.235. The topological polar surface area (TPSA) is 211 Å². The highest BCUT2D eigenvalue weighted by atomic mass is 35.5. The van der Waals surface area contributed by atoms with Crippen LogP contribution in [-0.2, 0) is 19.6 Å². The second-order valence-electron chi connectivity index (χ2n) is 16.9. The van der Waals surface area contributed by atoms with Crippen LogP contribution in [0.4, 0.5) is 51.2 Å². The smallest absolute Gasteiger partial charge is 0.336 e. The van der Waals surface area contributed by atoms with Gasteiger partial charge in [0.1, 0.15) is 0 Å². The van der Waals surface area contributed by atoms with Gasteiger partial charge in [0.2, 0.25) is 0 Å². The maximum absolute atomic E-state index is 14.1. The predicted octanol–water partition coefficient (Wildman–Crippen LogP) is 9.87. The summed E-state index contributed by atoms with van der Waals surface area (Å²) in [6.07, 6.45) is -3.88. The molecule has 1 aromatic heterocycles. The van der Waals surface area contributed by atoms with Crippen molar-refractivity contribution in [2.24, 2.45) is 30.7 Å². The van der Waals surface area contributed by atoms with Crippen molar-refractivity contribution in [2.75, 3.05) is 55.5 Å². The number of rotatable bonds is 21.